The molecule has 1 aromatic rings. The summed E-state index contributed by atoms with van der Waals surface area (Å²) in [4.78, 5) is 0. The van der Waals surface area contributed by atoms with Crippen molar-refractivity contribution in [2.24, 2.45) is 0 Å². The van der Waals surface area contributed by atoms with Gasteiger partial charge in [-0.25, -0.2) is 0 Å². The van der Waals surface area contributed by atoms with E-state index in [2.05, 4.69) is 22.8 Å². The van der Waals surface area contributed by atoms with Crippen LogP contribution in [0.15, 0.2) is 24.3 Å². The third-order valence-electron chi connectivity index (χ3n) is 2.60. The number of nitrogens with one attached hydrogen (secondary N) is 2. The van der Waals surface area contributed by atoms with Crippen molar-refractivity contribution in [3.8, 4) is 5.75 Å². The summed E-state index contributed by atoms with van der Waals surface area (Å²) in [6, 6.07) is 8.73. The Kier molecular flexibility index (Phi) is 3.45. The van der Waals surface area contributed by atoms with Gasteiger partial charge in [-0.2, -0.15) is 0 Å². The van der Waals surface area contributed by atoms with Crippen LogP contribution in [0.4, 0.5) is 5.69 Å². The number of hydrogen-bond donors (Lipinski definition) is 2. The standard InChI is InChI=1S/C12H18N2O/c1-2-15-12-5-3-10(4-6-12)14-11-7-8-13-9-11/h3-6,11,13-14H,2,7-9H2,1H3. The Labute approximate surface area is 90.8 Å². The molecule has 1 heterocycles. The molecule has 3 heteroatoms. The molecule has 1 saturated heterocycles. The van der Waals surface area contributed by atoms with Gasteiger partial charge in [0.05, 0.1) is 6.61 Å². The Morgan fingerprint density at radius 1 is 1.40 bits per heavy atom. The number of hydrogen-bond acceptors (Lipinski definition) is 3. The van der Waals surface area contributed by atoms with Gasteiger partial charge in [0.25, 0.3) is 0 Å². The van der Waals surface area contributed by atoms with Crippen LogP contribution >= 0.6 is 0 Å². The second-order valence-electron chi connectivity index (χ2n) is 3.79. The topological polar surface area (TPSA) is 33.3 Å². The summed E-state index contributed by atoms with van der Waals surface area (Å²) in [5, 5.41) is 6.83. The molecule has 2 rings (SSSR count). The molecule has 0 aliphatic carbocycles. The Hall–Kier alpha value is -1.22. The largest absolute Gasteiger partial charge is 0.494 e. The van der Waals surface area contributed by atoms with Crippen LogP contribution in [0.5, 0.6) is 5.75 Å². The molecule has 1 fully saturated rings. The van der Waals surface area contributed by atoms with E-state index in [4.69, 9.17) is 4.74 Å². The van der Waals surface area contributed by atoms with Crippen molar-refractivity contribution in [2.45, 2.75) is 19.4 Å². The van der Waals surface area contributed by atoms with Crippen LogP contribution in [0.3, 0.4) is 0 Å². The van der Waals surface area contributed by atoms with Crippen molar-refractivity contribution < 1.29 is 4.74 Å². The Morgan fingerprint density at radius 3 is 2.80 bits per heavy atom. The molecule has 1 aliphatic rings. The maximum atomic E-state index is 5.39. The van der Waals surface area contributed by atoms with Crippen LogP contribution in [0.1, 0.15) is 13.3 Å². The molecule has 3 nitrogen and oxygen atoms in total. The second kappa shape index (κ2) is 5.03. The number of benzene rings is 1. The second-order valence-corrected chi connectivity index (χ2v) is 3.79. The normalized spacial score (nSPS) is 20.2. The Bertz CT molecular complexity index is 291. The predicted molar refractivity (Wildman–Crippen MR) is 62.5 cm³/mol. The third-order valence-corrected chi connectivity index (χ3v) is 2.60. The molecule has 0 spiro atoms. The van der Waals surface area contributed by atoms with Crippen molar-refractivity contribution in [2.75, 3.05) is 25.0 Å². The number of ether oxygens (including phenoxy) is 1. The third kappa shape index (κ3) is 2.86. The summed E-state index contributed by atoms with van der Waals surface area (Å²) in [5.41, 5.74) is 1.17. The zero-order valence-electron chi connectivity index (χ0n) is 9.12. The first-order valence-corrected chi connectivity index (χ1v) is 5.58. The van der Waals surface area contributed by atoms with Gasteiger partial charge in [0.2, 0.25) is 0 Å². The van der Waals surface area contributed by atoms with Crippen molar-refractivity contribution in [1.82, 2.24) is 5.32 Å². The molecule has 0 radical (unpaired) electrons. The Balaban J connectivity index is 1.91. The summed E-state index contributed by atoms with van der Waals surface area (Å²) >= 11 is 0. The zero-order chi connectivity index (χ0) is 10.5. The minimum Gasteiger partial charge on any atom is -0.494 e. The minimum atomic E-state index is 0.572. The van der Waals surface area contributed by atoms with Gasteiger partial charge in [-0.05, 0) is 44.2 Å². The SMILES string of the molecule is CCOc1ccc(NC2CCNC2)cc1. The van der Waals surface area contributed by atoms with Gasteiger partial charge >= 0.3 is 0 Å². The molecular weight excluding hydrogens is 188 g/mol. The maximum Gasteiger partial charge on any atom is 0.119 e. The average Bonchev–Trinajstić information content (AvgIpc) is 2.74. The summed E-state index contributed by atoms with van der Waals surface area (Å²) in [6.45, 7) is 4.90. The summed E-state index contributed by atoms with van der Waals surface area (Å²) in [5.74, 6) is 0.938. The Morgan fingerprint density at radius 2 is 2.20 bits per heavy atom. The average molecular weight is 206 g/mol. The smallest absolute Gasteiger partial charge is 0.119 e. The van der Waals surface area contributed by atoms with E-state index in [0.29, 0.717) is 6.04 Å². The molecule has 0 aromatic heterocycles. The summed E-state index contributed by atoms with van der Waals surface area (Å²) < 4.78 is 5.39. The number of anilines is 1. The van der Waals surface area contributed by atoms with E-state index in [0.717, 1.165) is 25.4 Å². The zero-order valence-corrected chi connectivity index (χ0v) is 9.12. The van der Waals surface area contributed by atoms with Gasteiger partial charge in [0.15, 0.2) is 0 Å². The highest BCUT2D eigenvalue weighted by molar-refractivity contribution is 5.47. The lowest BCUT2D eigenvalue weighted by atomic mass is 10.2. The maximum absolute atomic E-state index is 5.39. The molecule has 0 amide bonds. The van der Waals surface area contributed by atoms with Crippen molar-refractivity contribution in [1.29, 1.82) is 0 Å². The van der Waals surface area contributed by atoms with Gasteiger partial charge in [-0.1, -0.05) is 0 Å². The van der Waals surface area contributed by atoms with Gasteiger partial charge in [-0.15, -0.1) is 0 Å². The van der Waals surface area contributed by atoms with Gasteiger partial charge in [0, 0.05) is 18.3 Å². The molecule has 0 saturated carbocycles. The fraction of sp³-hybridized carbons (Fsp3) is 0.500. The van der Waals surface area contributed by atoms with Crippen LogP contribution in [0.2, 0.25) is 0 Å². The lowest BCUT2D eigenvalue weighted by Gasteiger charge is -2.13. The summed E-state index contributed by atoms with van der Waals surface area (Å²) in [6.07, 6.45) is 1.20. The van der Waals surface area contributed by atoms with Crippen LogP contribution in [0.25, 0.3) is 0 Å². The van der Waals surface area contributed by atoms with Crippen LogP contribution in [0, 0.1) is 0 Å². The molecule has 1 unspecified atom stereocenters. The molecular formula is C12H18N2O. The van der Waals surface area contributed by atoms with E-state index in [1.54, 1.807) is 0 Å². The highest BCUT2D eigenvalue weighted by atomic mass is 16.5. The van der Waals surface area contributed by atoms with Crippen molar-refractivity contribution >= 4 is 5.69 Å². The predicted octanol–water partition coefficient (Wildman–Crippen LogP) is 1.86. The molecule has 1 aromatic carbocycles. The number of rotatable bonds is 4. The quantitative estimate of drug-likeness (QED) is 0.789. The lowest BCUT2D eigenvalue weighted by molar-refractivity contribution is 0.340. The molecule has 15 heavy (non-hydrogen) atoms. The van der Waals surface area contributed by atoms with Crippen molar-refractivity contribution in [3.63, 3.8) is 0 Å². The lowest BCUT2D eigenvalue weighted by Crippen LogP contribution is -2.21. The van der Waals surface area contributed by atoms with E-state index in [-0.39, 0.29) is 0 Å². The first-order valence-electron chi connectivity index (χ1n) is 5.58. The van der Waals surface area contributed by atoms with Crippen molar-refractivity contribution in [3.05, 3.63) is 24.3 Å². The van der Waals surface area contributed by atoms with Gasteiger partial charge in [0.1, 0.15) is 5.75 Å². The van der Waals surface area contributed by atoms with Gasteiger partial charge in [-0.3, -0.25) is 0 Å². The molecule has 1 aliphatic heterocycles. The highest BCUT2D eigenvalue weighted by Crippen LogP contribution is 2.17. The van der Waals surface area contributed by atoms with E-state index in [9.17, 15) is 0 Å². The minimum absolute atomic E-state index is 0.572. The molecule has 1 atom stereocenters. The summed E-state index contributed by atoms with van der Waals surface area (Å²) in [7, 11) is 0. The monoisotopic (exact) mass is 206 g/mol. The van der Waals surface area contributed by atoms with E-state index >= 15 is 0 Å². The van der Waals surface area contributed by atoms with E-state index < -0.39 is 0 Å². The fourth-order valence-electron chi connectivity index (χ4n) is 1.83. The van der Waals surface area contributed by atoms with Crippen LogP contribution < -0.4 is 15.4 Å². The highest BCUT2D eigenvalue weighted by Gasteiger charge is 2.13. The first kappa shape index (κ1) is 10.3. The van der Waals surface area contributed by atoms with Gasteiger partial charge < -0.3 is 15.4 Å². The first-order chi connectivity index (χ1) is 7.38. The molecule has 0 bridgehead atoms. The molecule has 2 N–H and O–H groups in total. The van der Waals surface area contributed by atoms with Crippen LogP contribution in [-0.4, -0.2) is 25.7 Å². The van der Waals surface area contributed by atoms with Crippen LogP contribution in [-0.2, 0) is 0 Å². The van der Waals surface area contributed by atoms with E-state index in [1.807, 2.05) is 19.1 Å². The fourth-order valence-corrected chi connectivity index (χ4v) is 1.83. The molecule has 82 valence electrons. The van der Waals surface area contributed by atoms with E-state index in [1.165, 1.54) is 12.1 Å².